The van der Waals surface area contributed by atoms with Crippen LogP contribution in [-0.4, -0.2) is 16.9 Å². The van der Waals surface area contributed by atoms with Crippen molar-refractivity contribution in [3.8, 4) is 17.0 Å². The number of aromatic nitrogens is 2. The molecule has 2 rings (SSSR count). The zero-order valence-electron chi connectivity index (χ0n) is 9.99. The Morgan fingerprint density at radius 1 is 1.41 bits per heavy atom. The molecular weight excluding hydrogens is 221 g/mol. The van der Waals surface area contributed by atoms with Crippen molar-refractivity contribution in [3.63, 3.8) is 0 Å². The molecule has 0 amide bonds. The third-order valence-electron chi connectivity index (χ3n) is 2.77. The first-order valence-electron chi connectivity index (χ1n) is 5.18. The molecule has 1 aromatic heterocycles. The maximum atomic E-state index is 13.9. The van der Waals surface area contributed by atoms with Crippen molar-refractivity contribution < 1.29 is 9.13 Å². The number of hydrogen-bond acceptors (Lipinski definition) is 3. The van der Waals surface area contributed by atoms with E-state index in [1.807, 2.05) is 6.92 Å². The molecule has 90 valence electrons. The number of rotatable bonds is 2. The van der Waals surface area contributed by atoms with Gasteiger partial charge in [0.2, 0.25) is 0 Å². The Balaban J connectivity index is 2.72. The van der Waals surface area contributed by atoms with E-state index in [0.717, 1.165) is 5.56 Å². The van der Waals surface area contributed by atoms with Crippen molar-refractivity contribution >= 4 is 5.82 Å². The second-order valence-corrected chi connectivity index (χ2v) is 3.80. The van der Waals surface area contributed by atoms with Crippen molar-refractivity contribution in [3.05, 3.63) is 29.6 Å². The van der Waals surface area contributed by atoms with Crippen LogP contribution in [0.5, 0.6) is 5.75 Å². The minimum atomic E-state index is -0.370. The van der Waals surface area contributed by atoms with Crippen LogP contribution in [0.4, 0.5) is 10.2 Å². The summed E-state index contributed by atoms with van der Waals surface area (Å²) in [7, 11) is 3.22. The summed E-state index contributed by atoms with van der Waals surface area (Å²) in [5.41, 5.74) is 7.43. The van der Waals surface area contributed by atoms with E-state index in [2.05, 4.69) is 5.10 Å². The second-order valence-electron chi connectivity index (χ2n) is 3.80. The summed E-state index contributed by atoms with van der Waals surface area (Å²) in [6, 6.07) is 4.67. The number of aryl methyl sites for hydroxylation is 1. The van der Waals surface area contributed by atoms with E-state index in [0.29, 0.717) is 22.8 Å². The minimum absolute atomic E-state index is 0.347. The Bertz CT molecular complexity index is 563. The first-order chi connectivity index (χ1) is 8.06. The number of ether oxygens (including phenoxy) is 1. The van der Waals surface area contributed by atoms with E-state index in [4.69, 9.17) is 10.5 Å². The predicted molar refractivity (Wildman–Crippen MR) is 64.3 cm³/mol. The van der Waals surface area contributed by atoms with E-state index < -0.39 is 0 Å². The summed E-state index contributed by atoms with van der Waals surface area (Å²) >= 11 is 0. The fourth-order valence-electron chi connectivity index (χ4n) is 1.78. The molecule has 0 saturated heterocycles. The average Bonchev–Trinajstić information content (AvgIpc) is 2.56. The number of nitrogen functional groups attached to an aromatic ring is 1. The molecule has 0 aliphatic rings. The Morgan fingerprint density at radius 3 is 2.65 bits per heavy atom. The van der Waals surface area contributed by atoms with Crippen molar-refractivity contribution in [2.24, 2.45) is 7.05 Å². The number of nitrogens with zero attached hydrogens (tertiary/aromatic N) is 2. The Hall–Kier alpha value is -2.04. The van der Waals surface area contributed by atoms with Crippen LogP contribution in [0, 0.1) is 12.7 Å². The molecule has 0 atom stereocenters. The molecule has 2 N–H and O–H groups in total. The highest BCUT2D eigenvalue weighted by molar-refractivity contribution is 5.73. The maximum Gasteiger partial charge on any atom is 0.136 e. The summed E-state index contributed by atoms with van der Waals surface area (Å²) in [6.45, 7) is 1.81. The number of benzene rings is 1. The summed E-state index contributed by atoms with van der Waals surface area (Å²) in [5.74, 6) is 0.599. The highest BCUT2D eigenvalue weighted by Crippen LogP contribution is 2.35. The molecule has 17 heavy (non-hydrogen) atoms. The molecule has 0 fully saturated rings. The highest BCUT2D eigenvalue weighted by atomic mass is 19.1. The zero-order valence-corrected chi connectivity index (χ0v) is 9.99. The average molecular weight is 235 g/mol. The van der Waals surface area contributed by atoms with Crippen molar-refractivity contribution in [2.75, 3.05) is 12.8 Å². The standard InChI is InChI=1S/C12H14FN3O/c1-7-11(15-16(2)12(7)14)10-8(13)5-4-6-9(10)17-3/h4-6H,14H2,1-3H3. The van der Waals surface area contributed by atoms with Crippen LogP contribution in [0.15, 0.2) is 18.2 Å². The summed E-state index contributed by atoms with van der Waals surface area (Å²) in [5, 5.41) is 4.22. The van der Waals surface area contributed by atoms with Gasteiger partial charge in [-0.2, -0.15) is 5.10 Å². The van der Waals surface area contributed by atoms with Crippen LogP contribution < -0.4 is 10.5 Å². The fourth-order valence-corrected chi connectivity index (χ4v) is 1.78. The smallest absolute Gasteiger partial charge is 0.136 e. The summed E-state index contributed by atoms with van der Waals surface area (Å²) in [6.07, 6.45) is 0. The monoisotopic (exact) mass is 235 g/mol. The normalized spacial score (nSPS) is 10.6. The van der Waals surface area contributed by atoms with Gasteiger partial charge in [0.25, 0.3) is 0 Å². The Kier molecular flexibility index (Phi) is 2.75. The van der Waals surface area contributed by atoms with Gasteiger partial charge in [-0.15, -0.1) is 0 Å². The largest absolute Gasteiger partial charge is 0.496 e. The molecule has 0 spiro atoms. The molecule has 2 aromatic rings. The van der Waals surface area contributed by atoms with Crippen LogP contribution in [0.1, 0.15) is 5.56 Å². The second kappa shape index (κ2) is 4.08. The summed E-state index contributed by atoms with van der Waals surface area (Å²) in [4.78, 5) is 0. The molecule has 0 unspecified atom stereocenters. The van der Waals surface area contributed by atoms with E-state index in [9.17, 15) is 4.39 Å². The van der Waals surface area contributed by atoms with Crippen molar-refractivity contribution in [1.82, 2.24) is 9.78 Å². The molecule has 5 heteroatoms. The van der Waals surface area contributed by atoms with Gasteiger partial charge in [0.05, 0.1) is 12.7 Å². The lowest BCUT2D eigenvalue weighted by atomic mass is 10.1. The molecule has 1 heterocycles. The molecule has 0 aliphatic heterocycles. The molecule has 0 bridgehead atoms. The van der Waals surface area contributed by atoms with Gasteiger partial charge < -0.3 is 10.5 Å². The maximum absolute atomic E-state index is 13.9. The number of halogens is 1. The Morgan fingerprint density at radius 2 is 2.12 bits per heavy atom. The fraction of sp³-hybridized carbons (Fsp3) is 0.250. The third-order valence-corrected chi connectivity index (χ3v) is 2.77. The van der Waals surface area contributed by atoms with Gasteiger partial charge >= 0.3 is 0 Å². The predicted octanol–water partition coefficient (Wildman–Crippen LogP) is 2.13. The lowest BCUT2D eigenvalue weighted by Gasteiger charge is -2.07. The van der Waals surface area contributed by atoms with E-state index in [1.165, 1.54) is 17.9 Å². The third kappa shape index (κ3) is 1.73. The molecule has 0 radical (unpaired) electrons. The van der Waals surface area contributed by atoms with Gasteiger partial charge in [-0.25, -0.2) is 4.39 Å². The van der Waals surface area contributed by atoms with Gasteiger partial charge in [-0.3, -0.25) is 4.68 Å². The molecule has 0 aliphatic carbocycles. The SMILES string of the molecule is COc1cccc(F)c1-c1nn(C)c(N)c1C. The highest BCUT2D eigenvalue weighted by Gasteiger charge is 2.19. The van der Waals surface area contributed by atoms with Crippen LogP contribution in [0.3, 0.4) is 0 Å². The lowest BCUT2D eigenvalue weighted by Crippen LogP contribution is -1.97. The Labute approximate surface area is 98.8 Å². The van der Waals surface area contributed by atoms with Gasteiger partial charge in [0.1, 0.15) is 23.1 Å². The van der Waals surface area contributed by atoms with E-state index in [1.54, 1.807) is 19.2 Å². The minimum Gasteiger partial charge on any atom is -0.496 e. The van der Waals surface area contributed by atoms with Crippen LogP contribution in [-0.2, 0) is 7.05 Å². The van der Waals surface area contributed by atoms with Crippen LogP contribution in [0.25, 0.3) is 11.3 Å². The number of nitrogens with two attached hydrogens (primary N) is 1. The topological polar surface area (TPSA) is 53.1 Å². The molecule has 1 aromatic carbocycles. The lowest BCUT2D eigenvalue weighted by molar-refractivity contribution is 0.413. The molecular formula is C12H14FN3O. The van der Waals surface area contributed by atoms with Crippen molar-refractivity contribution in [2.45, 2.75) is 6.92 Å². The number of anilines is 1. The quantitative estimate of drug-likeness (QED) is 0.867. The number of methoxy groups -OCH3 is 1. The van der Waals surface area contributed by atoms with Gasteiger partial charge in [0, 0.05) is 12.6 Å². The van der Waals surface area contributed by atoms with Crippen LogP contribution in [0.2, 0.25) is 0 Å². The van der Waals surface area contributed by atoms with Gasteiger partial charge in [-0.1, -0.05) is 6.07 Å². The first-order valence-corrected chi connectivity index (χ1v) is 5.18. The number of hydrogen-bond donors (Lipinski definition) is 1. The molecule has 4 nitrogen and oxygen atoms in total. The van der Waals surface area contributed by atoms with E-state index in [-0.39, 0.29) is 5.82 Å². The zero-order chi connectivity index (χ0) is 12.6. The van der Waals surface area contributed by atoms with Gasteiger partial charge in [-0.05, 0) is 19.1 Å². The summed E-state index contributed by atoms with van der Waals surface area (Å²) < 4.78 is 20.6. The first kappa shape index (κ1) is 11.4. The van der Waals surface area contributed by atoms with Gasteiger partial charge in [0.15, 0.2) is 0 Å². The van der Waals surface area contributed by atoms with Crippen molar-refractivity contribution in [1.29, 1.82) is 0 Å². The van der Waals surface area contributed by atoms with E-state index >= 15 is 0 Å². The van der Waals surface area contributed by atoms with Crippen LogP contribution >= 0.6 is 0 Å². The molecule has 0 saturated carbocycles.